The van der Waals surface area contributed by atoms with Gasteiger partial charge in [0.25, 0.3) is 0 Å². The molecular weight excluding hydrogens is 292 g/mol. The number of benzene rings is 1. The molecule has 0 radical (unpaired) electrons. The Morgan fingerprint density at radius 1 is 1.24 bits per heavy atom. The molecule has 0 amide bonds. The molecule has 1 aromatic heterocycles. The van der Waals surface area contributed by atoms with Gasteiger partial charge in [-0.05, 0) is 30.2 Å². The molecule has 0 unspecified atom stereocenters. The maximum atomic E-state index is 12.0. The minimum absolute atomic E-state index is 0.0349. The van der Waals surface area contributed by atoms with Crippen LogP contribution < -0.4 is 15.0 Å². The molecule has 0 saturated heterocycles. The molecule has 1 heterocycles. The van der Waals surface area contributed by atoms with Crippen molar-refractivity contribution in [2.75, 3.05) is 13.7 Å². The predicted molar refractivity (Wildman–Crippen MR) is 78.9 cm³/mol. The van der Waals surface area contributed by atoms with Crippen LogP contribution in [0.5, 0.6) is 5.75 Å². The second kappa shape index (κ2) is 6.55. The third kappa shape index (κ3) is 4.17. The number of aromatic amines is 1. The minimum Gasteiger partial charge on any atom is -0.497 e. The van der Waals surface area contributed by atoms with Crippen LogP contribution in [0.15, 0.2) is 52.3 Å². The summed E-state index contributed by atoms with van der Waals surface area (Å²) in [6.45, 7) is 0.259. The summed E-state index contributed by atoms with van der Waals surface area (Å²) in [5.41, 5.74) is 0.629. The van der Waals surface area contributed by atoms with Crippen molar-refractivity contribution in [2.24, 2.45) is 0 Å². The Morgan fingerprint density at radius 2 is 2.05 bits per heavy atom. The summed E-state index contributed by atoms with van der Waals surface area (Å²) in [4.78, 5) is 13.3. The quantitative estimate of drug-likeness (QED) is 0.830. The molecule has 112 valence electrons. The van der Waals surface area contributed by atoms with Gasteiger partial charge in [0, 0.05) is 18.8 Å². The Morgan fingerprint density at radius 3 is 2.71 bits per heavy atom. The monoisotopic (exact) mass is 308 g/mol. The number of hydrogen-bond donors (Lipinski definition) is 2. The fourth-order valence-electron chi connectivity index (χ4n) is 1.80. The molecule has 0 saturated carbocycles. The van der Waals surface area contributed by atoms with Gasteiger partial charge in [-0.15, -0.1) is 0 Å². The lowest BCUT2D eigenvalue weighted by atomic mass is 10.1. The standard InChI is InChI=1S/C14H16N2O4S/c1-20-12-4-2-3-11(9-12)7-8-16-21(18,19)13-5-6-14(17)15-10-13/h2-6,9-10,16H,7-8H2,1H3,(H,15,17). The van der Waals surface area contributed by atoms with Crippen molar-refractivity contribution < 1.29 is 13.2 Å². The van der Waals surface area contributed by atoms with E-state index in [4.69, 9.17) is 4.74 Å². The van der Waals surface area contributed by atoms with Crippen LogP contribution in [0.1, 0.15) is 5.56 Å². The number of H-pyrrole nitrogens is 1. The highest BCUT2D eigenvalue weighted by Crippen LogP contribution is 2.13. The van der Waals surface area contributed by atoms with Gasteiger partial charge in [0.2, 0.25) is 15.6 Å². The minimum atomic E-state index is -3.61. The Labute approximate surface area is 122 Å². The zero-order valence-corrected chi connectivity index (χ0v) is 12.3. The lowest BCUT2D eigenvalue weighted by molar-refractivity contribution is 0.414. The van der Waals surface area contributed by atoms with Crippen LogP contribution in [0.25, 0.3) is 0 Å². The van der Waals surface area contributed by atoms with Crippen molar-refractivity contribution in [2.45, 2.75) is 11.3 Å². The number of sulfonamides is 1. The normalized spacial score (nSPS) is 11.3. The zero-order valence-electron chi connectivity index (χ0n) is 11.5. The van der Waals surface area contributed by atoms with Gasteiger partial charge in [-0.3, -0.25) is 4.79 Å². The molecule has 0 atom stereocenters. The smallest absolute Gasteiger partial charge is 0.247 e. The first-order valence-electron chi connectivity index (χ1n) is 6.32. The molecule has 2 aromatic rings. The topological polar surface area (TPSA) is 88.3 Å². The van der Waals surface area contributed by atoms with E-state index in [1.54, 1.807) is 7.11 Å². The summed E-state index contributed by atoms with van der Waals surface area (Å²) in [5.74, 6) is 0.732. The van der Waals surface area contributed by atoms with E-state index >= 15 is 0 Å². The van der Waals surface area contributed by atoms with E-state index in [9.17, 15) is 13.2 Å². The van der Waals surface area contributed by atoms with E-state index in [1.807, 2.05) is 24.3 Å². The molecule has 21 heavy (non-hydrogen) atoms. The molecule has 2 rings (SSSR count). The van der Waals surface area contributed by atoms with E-state index in [0.29, 0.717) is 6.42 Å². The fourth-order valence-corrected chi connectivity index (χ4v) is 2.80. The third-order valence-electron chi connectivity index (χ3n) is 2.91. The fraction of sp³-hybridized carbons (Fsp3) is 0.214. The SMILES string of the molecule is COc1cccc(CCNS(=O)(=O)c2ccc(=O)[nH]c2)c1. The summed E-state index contributed by atoms with van der Waals surface area (Å²) in [6, 6.07) is 9.88. The molecule has 0 spiro atoms. The summed E-state index contributed by atoms with van der Waals surface area (Å²) in [7, 11) is -2.03. The van der Waals surface area contributed by atoms with Crippen molar-refractivity contribution >= 4 is 10.0 Å². The van der Waals surface area contributed by atoms with Crippen molar-refractivity contribution in [3.63, 3.8) is 0 Å². The Kier molecular flexibility index (Phi) is 4.77. The van der Waals surface area contributed by atoms with Gasteiger partial charge in [0.15, 0.2) is 0 Å². The second-order valence-corrected chi connectivity index (χ2v) is 6.15. The highest BCUT2D eigenvalue weighted by molar-refractivity contribution is 7.89. The summed E-state index contributed by atoms with van der Waals surface area (Å²) in [5, 5.41) is 0. The van der Waals surface area contributed by atoms with Crippen LogP contribution in [0, 0.1) is 0 Å². The van der Waals surface area contributed by atoms with Crippen LogP contribution in [0.2, 0.25) is 0 Å². The maximum absolute atomic E-state index is 12.0. The molecule has 7 heteroatoms. The van der Waals surface area contributed by atoms with E-state index in [0.717, 1.165) is 11.3 Å². The van der Waals surface area contributed by atoms with Gasteiger partial charge in [-0.2, -0.15) is 0 Å². The van der Waals surface area contributed by atoms with Crippen LogP contribution in [0.4, 0.5) is 0 Å². The van der Waals surface area contributed by atoms with Crippen LogP contribution in [-0.2, 0) is 16.4 Å². The van der Waals surface area contributed by atoms with Crippen molar-refractivity contribution in [1.82, 2.24) is 9.71 Å². The first-order valence-corrected chi connectivity index (χ1v) is 7.81. The Bertz CT molecular complexity index is 748. The van der Waals surface area contributed by atoms with Gasteiger partial charge in [0.1, 0.15) is 5.75 Å². The van der Waals surface area contributed by atoms with Gasteiger partial charge in [-0.25, -0.2) is 13.1 Å². The molecule has 2 N–H and O–H groups in total. The lowest BCUT2D eigenvalue weighted by Gasteiger charge is -2.07. The van der Waals surface area contributed by atoms with Gasteiger partial charge < -0.3 is 9.72 Å². The molecule has 1 aromatic carbocycles. The molecule has 0 aliphatic rings. The van der Waals surface area contributed by atoms with Gasteiger partial charge in [0.05, 0.1) is 12.0 Å². The van der Waals surface area contributed by atoms with Crippen molar-refractivity contribution in [1.29, 1.82) is 0 Å². The number of ether oxygens (including phenoxy) is 1. The van der Waals surface area contributed by atoms with Gasteiger partial charge >= 0.3 is 0 Å². The van der Waals surface area contributed by atoms with E-state index < -0.39 is 10.0 Å². The second-order valence-electron chi connectivity index (χ2n) is 4.39. The molecule has 6 nitrogen and oxygen atoms in total. The predicted octanol–water partition coefficient (Wildman–Crippen LogP) is 0.904. The van der Waals surface area contributed by atoms with E-state index in [-0.39, 0.29) is 17.0 Å². The third-order valence-corrected chi connectivity index (χ3v) is 4.36. The molecule has 0 aliphatic heterocycles. The highest BCUT2D eigenvalue weighted by atomic mass is 32.2. The van der Waals surface area contributed by atoms with E-state index in [2.05, 4.69) is 9.71 Å². The Hall–Kier alpha value is -2.12. The average Bonchev–Trinajstić information content (AvgIpc) is 2.48. The number of hydrogen-bond acceptors (Lipinski definition) is 4. The lowest BCUT2D eigenvalue weighted by Crippen LogP contribution is -2.26. The summed E-state index contributed by atoms with van der Waals surface area (Å²) >= 11 is 0. The van der Waals surface area contributed by atoms with Crippen LogP contribution >= 0.6 is 0 Å². The van der Waals surface area contributed by atoms with Crippen LogP contribution in [0.3, 0.4) is 0 Å². The first-order chi connectivity index (χ1) is 10.0. The maximum Gasteiger partial charge on any atom is 0.247 e. The Balaban J connectivity index is 1.98. The number of nitrogens with one attached hydrogen (secondary N) is 2. The van der Waals surface area contributed by atoms with Gasteiger partial charge in [-0.1, -0.05) is 12.1 Å². The van der Waals surface area contributed by atoms with E-state index in [1.165, 1.54) is 18.3 Å². The number of methoxy groups -OCH3 is 1. The van der Waals surface area contributed by atoms with Crippen molar-refractivity contribution in [3.05, 3.63) is 58.5 Å². The average molecular weight is 308 g/mol. The molecule has 0 aliphatic carbocycles. The van der Waals surface area contributed by atoms with Crippen molar-refractivity contribution in [3.8, 4) is 5.75 Å². The number of aromatic nitrogens is 1. The summed E-state index contributed by atoms with van der Waals surface area (Å²) in [6.07, 6.45) is 1.72. The molecule has 0 fully saturated rings. The first kappa shape index (κ1) is 15.3. The number of rotatable bonds is 6. The largest absolute Gasteiger partial charge is 0.497 e. The highest BCUT2D eigenvalue weighted by Gasteiger charge is 2.13. The summed E-state index contributed by atoms with van der Waals surface area (Å²) < 4.78 is 31.6. The zero-order chi connectivity index (χ0) is 15.3. The number of pyridine rings is 1. The van der Waals surface area contributed by atoms with Crippen LogP contribution in [-0.4, -0.2) is 27.1 Å². The molecular formula is C14H16N2O4S. The molecule has 0 bridgehead atoms.